The Bertz CT molecular complexity index is 1070. The van der Waals surface area contributed by atoms with E-state index in [1.54, 1.807) is 36.4 Å². The van der Waals surface area contributed by atoms with Gasteiger partial charge in [0.15, 0.2) is 0 Å². The Morgan fingerprint density at radius 1 is 1.03 bits per heavy atom. The van der Waals surface area contributed by atoms with Crippen molar-refractivity contribution in [2.75, 3.05) is 0 Å². The highest BCUT2D eigenvalue weighted by Gasteiger charge is 2.18. The predicted molar refractivity (Wildman–Crippen MR) is 115 cm³/mol. The number of benzene rings is 2. The Balaban J connectivity index is 1.46. The molecule has 0 atom stereocenters. The zero-order valence-electron chi connectivity index (χ0n) is 16.4. The van der Waals surface area contributed by atoms with E-state index in [-0.39, 0.29) is 17.5 Å². The van der Waals surface area contributed by atoms with Crippen LogP contribution in [0.1, 0.15) is 41.6 Å². The molecule has 1 N–H and O–H groups in total. The summed E-state index contributed by atoms with van der Waals surface area (Å²) in [5.74, 6) is 0.237. The van der Waals surface area contributed by atoms with Gasteiger partial charge in [-0.3, -0.25) is 9.59 Å². The van der Waals surface area contributed by atoms with Crippen molar-refractivity contribution in [1.29, 1.82) is 0 Å². The lowest BCUT2D eigenvalue weighted by molar-refractivity contribution is 0.0938. The van der Waals surface area contributed by atoms with E-state index in [1.807, 2.05) is 12.1 Å². The fraction of sp³-hybridized carbons (Fsp3) is 0.261. The molecule has 1 saturated carbocycles. The third-order valence-corrected chi connectivity index (χ3v) is 5.39. The molecule has 2 aromatic carbocycles. The number of aromatic nitrogens is 2. The van der Waals surface area contributed by atoms with E-state index in [0.29, 0.717) is 28.8 Å². The molecule has 1 heterocycles. The first-order chi connectivity index (χ1) is 14.6. The first-order valence-corrected chi connectivity index (χ1v) is 10.4. The molecule has 7 heteroatoms. The average molecular weight is 424 g/mol. The molecule has 1 aliphatic carbocycles. The molecule has 0 aliphatic heterocycles. The minimum absolute atomic E-state index is 0.0891. The summed E-state index contributed by atoms with van der Waals surface area (Å²) >= 11 is 5.89. The summed E-state index contributed by atoms with van der Waals surface area (Å²) in [5.41, 5.74) is 1.79. The number of nitrogens with one attached hydrogen (secondary N) is 1. The first-order valence-electron chi connectivity index (χ1n) is 9.97. The van der Waals surface area contributed by atoms with Crippen LogP contribution in [0.15, 0.2) is 65.5 Å². The monoisotopic (exact) mass is 423 g/mol. The van der Waals surface area contributed by atoms with Gasteiger partial charge >= 0.3 is 0 Å². The van der Waals surface area contributed by atoms with E-state index < -0.39 is 0 Å². The summed E-state index contributed by atoms with van der Waals surface area (Å²) in [6, 6.07) is 17.4. The van der Waals surface area contributed by atoms with Gasteiger partial charge in [0, 0.05) is 28.8 Å². The normalized spacial score (nSPS) is 13.9. The van der Waals surface area contributed by atoms with E-state index in [2.05, 4.69) is 10.4 Å². The number of nitrogens with zero attached hydrogens (tertiary/aromatic N) is 2. The molecule has 0 bridgehead atoms. The molecule has 4 rings (SSSR count). The van der Waals surface area contributed by atoms with Crippen LogP contribution in [0.25, 0.3) is 5.69 Å². The van der Waals surface area contributed by atoms with Gasteiger partial charge in [-0.15, -0.1) is 5.10 Å². The maximum Gasteiger partial charge on any atom is 0.271 e. The van der Waals surface area contributed by atoms with Gasteiger partial charge in [0.1, 0.15) is 6.61 Å². The van der Waals surface area contributed by atoms with Crippen LogP contribution >= 0.6 is 11.6 Å². The lowest BCUT2D eigenvalue weighted by Gasteiger charge is -2.12. The number of halogens is 1. The zero-order chi connectivity index (χ0) is 20.9. The predicted octanol–water partition coefficient (Wildman–Crippen LogP) is 4.14. The van der Waals surface area contributed by atoms with Crippen LogP contribution < -0.4 is 15.6 Å². The second-order valence-electron chi connectivity index (χ2n) is 7.34. The van der Waals surface area contributed by atoms with Gasteiger partial charge in [0.05, 0.1) is 5.69 Å². The number of rotatable bonds is 6. The number of amides is 1. The van der Waals surface area contributed by atoms with Crippen LogP contribution in [-0.4, -0.2) is 21.7 Å². The topological polar surface area (TPSA) is 73.2 Å². The Morgan fingerprint density at radius 2 is 1.73 bits per heavy atom. The Labute approximate surface area is 179 Å². The lowest BCUT2D eigenvalue weighted by atomic mass is 10.1. The number of ether oxygens (including phenoxy) is 1. The summed E-state index contributed by atoms with van der Waals surface area (Å²) in [7, 11) is 0. The molecular weight excluding hydrogens is 402 g/mol. The lowest BCUT2D eigenvalue weighted by Crippen LogP contribution is -2.32. The molecule has 30 heavy (non-hydrogen) atoms. The molecule has 1 aliphatic rings. The van der Waals surface area contributed by atoms with E-state index >= 15 is 0 Å². The summed E-state index contributed by atoms with van der Waals surface area (Å²) in [4.78, 5) is 24.7. The second-order valence-corrected chi connectivity index (χ2v) is 7.77. The Morgan fingerprint density at radius 3 is 2.43 bits per heavy atom. The quantitative estimate of drug-likeness (QED) is 0.646. The van der Waals surface area contributed by atoms with Gasteiger partial charge in [0.25, 0.3) is 11.5 Å². The SMILES string of the molecule is O=C(NC1CCCC1)c1ccc(-n2nc(OCc3ccc(Cl)cc3)ccc2=O)cc1. The molecule has 1 fully saturated rings. The van der Waals surface area contributed by atoms with Gasteiger partial charge in [-0.05, 0) is 54.8 Å². The summed E-state index contributed by atoms with van der Waals surface area (Å²) < 4.78 is 6.97. The third-order valence-electron chi connectivity index (χ3n) is 5.14. The standard InChI is InChI=1S/C23H22ClN3O3/c24-18-9-5-16(6-10-18)15-30-21-13-14-22(28)27(26-21)20-11-7-17(8-12-20)23(29)25-19-3-1-2-4-19/h5-14,19H,1-4,15H2,(H,25,29). The fourth-order valence-electron chi connectivity index (χ4n) is 3.49. The molecule has 1 aromatic heterocycles. The largest absolute Gasteiger partial charge is 0.472 e. The van der Waals surface area contributed by atoms with Crippen molar-refractivity contribution in [1.82, 2.24) is 15.1 Å². The number of carbonyl (C=O) groups excluding carboxylic acids is 1. The van der Waals surface area contributed by atoms with Crippen molar-refractivity contribution < 1.29 is 9.53 Å². The number of hydrogen-bond donors (Lipinski definition) is 1. The van der Waals surface area contributed by atoms with Gasteiger partial charge in [-0.2, -0.15) is 4.68 Å². The molecule has 3 aromatic rings. The molecule has 0 spiro atoms. The van der Waals surface area contributed by atoms with E-state index in [0.717, 1.165) is 31.2 Å². The van der Waals surface area contributed by atoms with Crippen LogP contribution in [-0.2, 0) is 6.61 Å². The number of carbonyl (C=O) groups is 1. The minimum atomic E-state index is -0.281. The Hall–Kier alpha value is -3.12. The van der Waals surface area contributed by atoms with Gasteiger partial charge < -0.3 is 10.1 Å². The van der Waals surface area contributed by atoms with Crippen LogP contribution in [0.5, 0.6) is 5.88 Å². The Kier molecular flexibility index (Phi) is 6.14. The van der Waals surface area contributed by atoms with Gasteiger partial charge in [-0.25, -0.2) is 0 Å². The van der Waals surface area contributed by atoms with Crippen LogP contribution in [0.3, 0.4) is 0 Å². The highest BCUT2D eigenvalue weighted by molar-refractivity contribution is 6.30. The van der Waals surface area contributed by atoms with E-state index in [1.165, 1.54) is 16.8 Å². The van der Waals surface area contributed by atoms with Crippen molar-refractivity contribution in [3.05, 3.63) is 87.2 Å². The minimum Gasteiger partial charge on any atom is -0.472 e. The average Bonchev–Trinajstić information content (AvgIpc) is 3.27. The highest BCUT2D eigenvalue weighted by Crippen LogP contribution is 2.18. The molecule has 6 nitrogen and oxygen atoms in total. The third kappa shape index (κ3) is 4.89. The maximum absolute atomic E-state index is 12.4. The summed E-state index contributed by atoms with van der Waals surface area (Å²) in [6.07, 6.45) is 4.39. The van der Waals surface area contributed by atoms with Gasteiger partial charge in [-0.1, -0.05) is 36.6 Å². The molecule has 1 amide bonds. The highest BCUT2D eigenvalue weighted by atomic mass is 35.5. The van der Waals surface area contributed by atoms with E-state index in [4.69, 9.17) is 16.3 Å². The van der Waals surface area contributed by atoms with E-state index in [9.17, 15) is 9.59 Å². The molecule has 154 valence electrons. The number of hydrogen-bond acceptors (Lipinski definition) is 4. The first kappa shape index (κ1) is 20.2. The summed E-state index contributed by atoms with van der Waals surface area (Å²) in [5, 5.41) is 8.01. The van der Waals surface area contributed by atoms with Crippen molar-refractivity contribution >= 4 is 17.5 Å². The zero-order valence-corrected chi connectivity index (χ0v) is 17.1. The molecule has 0 unspecified atom stereocenters. The van der Waals surface area contributed by atoms with Crippen molar-refractivity contribution in [2.24, 2.45) is 0 Å². The van der Waals surface area contributed by atoms with Gasteiger partial charge in [0.2, 0.25) is 5.88 Å². The van der Waals surface area contributed by atoms with Crippen LogP contribution in [0.4, 0.5) is 0 Å². The molecule has 0 radical (unpaired) electrons. The maximum atomic E-state index is 12.4. The smallest absolute Gasteiger partial charge is 0.271 e. The second kappa shape index (κ2) is 9.13. The van der Waals surface area contributed by atoms with Crippen molar-refractivity contribution in [3.8, 4) is 11.6 Å². The van der Waals surface area contributed by atoms with Crippen molar-refractivity contribution in [2.45, 2.75) is 38.3 Å². The van der Waals surface area contributed by atoms with Crippen molar-refractivity contribution in [3.63, 3.8) is 0 Å². The van der Waals surface area contributed by atoms with Crippen LogP contribution in [0, 0.1) is 0 Å². The summed E-state index contributed by atoms with van der Waals surface area (Å²) in [6.45, 7) is 0.308. The fourth-order valence-corrected chi connectivity index (χ4v) is 3.61. The van der Waals surface area contributed by atoms with Crippen LogP contribution in [0.2, 0.25) is 5.02 Å². The molecule has 0 saturated heterocycles. The molecular formula is C23H22ClN3O3.